The van der Waals surface area contributed by atoms with E-state index in [9.17, 15) is 0 Å². The average molecular weight is 344 g/mol. The van der Waals surface area contributed by atoms with E-state index in [2.05, 4.69) is 35.9 Å². The van der Waals surface area contributed by atoms with Gasteiger partial charge in [-0.2, -0.15) is 0 Å². The lowest BCUT2D eigenvalue weighted by atomic mass is 10.1. The molecule has 0 spiro atoms. The van der Waals surface area contributed by atoms with Crippen LogP contribution in [0.5, 0.6) is 11.5 Å². The van der Waals surface area contributed by atoms with Crippen LogP contribution in [0.4, 0.5) is 0 Å². The van der Waals surface area contributed by atoms with Crippen molar-refractivity contribution in [2.24, 2.45) is 0 Å². The molecule has 1 aromatic heterocycles. The molecule has 1 aromatic carbocycles. The van der Waals surface area contributed by atoms with Crippen molar-refractivity contribution in [3.8, 4) is 11.5 Å². The van der Waals surface area contributed by atoms with Gasteiger partial charge in [-0.25, -0.2) is 0 Å². The Kier molecular flexibility index (Phi) is 5.89. The predicted octanol–water partition coefficient (Wildman–Crippen LogP) is 5.07. The predicted molar refractivity (Wildman–Crippen MR) is 104 cm³/mol. The third kappa shape index (κ3) is 3.95. The number of nitrogens with one attached hydrogen (secondary N) is 1. The second kappa shape index (κ2) is 8.13. The van der Waals surface area contributed by atoms with Gasteiger partial charge in [0.2, 0.25) is 0 Å². The molecule has 0 unspecified atom stereocenters. The van der Waals surface area contributed by atoms with E-state index in [1.54, 1.807) is 14.2 Å². The summed E-state index contributed by atoms with van der Waals surface area (Å²) in [6.07, 6.45) is 6.18. The van der Waals surface area contributed by atoms with Gasteiger partial charge in [-0.3, -0.25) is 4.90 Å². The number of aromatic nitrogens is 1. The summed E-state index contributed by atoms with van der Waals surface area (Å²) in [4.78, 5) is 6.17. The number of unbranched alkanes of at least 4 members (excludes halogenated alkanes) is 1. The SMILES string of the molecule is CCCCN(CCC)Cc1cc2c(OC)c(OC)c(C3CC3)cc2[nH]1. The molecule has 0 radical (unpaired) electrons. The maximum absolute atomic E-state index is 5.74. The smallest absolute Gasteiger partial charge is 0.170 e. The van der Waals surface area contributed by atoms with Crippen LogP contribution in [-0.2, 0) is 6.54 Å². The van der Waals surface area contributed by atoms with E-state index in [1.807, 2.05) is 0 Å². The van der Waals surface area contributed by atoms with E-state index >= 15 is 0 Å². The molecule has 0 bridgehead atoms. The number of fused-ring (bicyclic) bond motifs is 1. The number of hydrogen-bond acceptors (Lipinski definition) is 3. The maximum atomic E-state index is 5.74. The second-order valence-corrected chi connectivity index (χ2v) is 7.19. The number of rotatable bonds is 10. The number of benzene rings is 1. The van der Waals surface area contributed by atoms with E-state index < -0.39 is 0 Å². The third-order valence-electron chi connectivity index (χ3n) is 5.10. The summed E-state index contributed by atoms with van der Waals surface area (Å²) in [7, 11) is 3.49. The Balaban J connectivity index is 1.92. The van der Waals surface area contributed by atoms with Crippen LogP contribution in [0.1, 0.15) is 63.1 Å². The van der Waals surface area contributed by atoms with Crippen LogP contribution in [0.25, 0.3) is 10.9 Å². The average Bonchev–Trinajstić information content (AvgIpc) is 3.38. The van der Waals surface area contributed by atoms with Crippen molar-refractivity contribution < 1.29 is 9.47 Å². The fourth-order valence-corrected chi connectivity index (χ4v) is 3.71. The highest BCUT2D eigenvalue weighted by Gasteiger charge is 2.30. The summed E-state index contributed by atoms with van der Waals surface area (Å²) >= 11 is 0. The summed E-state index contributed by atoms with van der Waals surface area (Å²) < 4.78 is 11.4. The Morgan fingerprint density at radius 1 is 1.04 bits per heavy atom. The highest BCUT2D eigenvalue weighted by atomic mass is 16.5. The van der Waals surface area contributed by atoms with Gasteiger partial charge in [-0.15, -0.1) is 0 Å². The molecule has 25 heavy (non-hydrogen) atoms. The van der Waals surface area contributed by atoms with Crippen LogP contribution in [0.3, 0.4) is 0 Å². The summed E-state index contributed by atoms with van der Waals surface area (Å²) in [5.41, 5.74) is 3.71. The van der Waals surface area contributed by atoms with Crippen LogP contribution in [0.2, 0.25) is 0 Å². The van der Waals surface area contributed by atoms with Gasteiger partial charge in [-0.1, -0.05) is 20.3 Å². The molecule has 1 heterocycles. The molecule has 0 atom stereocenters. The summed E-state index contributed by atoms with van der Waals surface area (Å²) in [5, 5.41) is 1.13. The molecular weight excluding hydrogens is 312 g/mol. The molecule has 0 saturated heterocycles. The lowest BCUT2D eigenvalue weighted by molar-refractivity contribution is 0.259. The molecular formula is C21H32N2O2. The fourth-order valence-electron chi connectivity index (χ4n) is 3.71. The first kappa shape index (κ1) is 18.1. The van der Waals surface area contributed by atoms with Gasteiger partial charge < -0.3 is 14.5 Å². The first-order chi connectivity index (χ1) is 12.2. The highest BCUT2D eigenvalue weighted by molar-refractivity contribution is 5.91. The van der Waals surface area contributed by atoms with Gasteiger partial charge in [0.15, 0.2) is 11.5 Å². The van der Waals surface area contributed by atoms with E-state index in [0.717, 1.165) is 36.5 Å². The normalized spacial score (nSPS) is 14.4. The van der Waals surface area contributed by atoms with Crippen LogP contribution < -0.4 is 9.47 Å². The van der Waals surface area contributed by atoms with Crippen LogP contribution >= 0.6 is 0 Å². The molecule has 1 saturated carbocycles. The standard InChI is InChI=1S/C21H32N2O2/c1-5-7-11-23(10-6-2)14-16-12-18-19(22-16)13-17(15-8-9-15)20(24-3)21(18)25-4/h12-13,15,22H,5-11,14H2,1-4H3. The number of aromatic amines is 1. The largest absolute Gasteiger partial charge is 0.493 e. The van der Waals surface area contributed by atoms with Gasteiger partial charge in [-0.05, 0) is 56.8 Å². The van der Waals surface area contributed by atoms with Crippen molar-refractivity contribution in [2.45, 2.75) is 58.4 Å². The van der Waals surface area contributed by atoms with Gasteiger partial charge in [0.05, 0.1) is 14.2 Å². The third-order valence-corrected chi connectivity index (χ3v) is 5.10. The first-order valence-electron chi connectivity index (χ1n) is 9.70. The molecule has 1 aliphatic rings. The molecule has 138 valence electrons. The van der Waals surface area contributed by atoms with Crippen LogP contribution in [0.15, 0.2) is 12.1 Å². The Morgan fingerprint density at radius 3 is 2.40 bits per heavy atom. The Morgan fingerprint density at radius 2 is 1.80 bits per heavy atom. The van der Waals surface area contributed by atoms with E-state index in [0.29, 0.717) is 5.92 Å². The quantitative estimate of drug-likeness (QED) is 0.653. The molecule has 0 aliphatic heterocycles. The van der Waals surface area contributed by atoms with E-state index in [4.69, 9.17) is 9.47 Å². The number of hydrogen-bond donors (Lipinski definition) is 1. The van der Waals surface area contributed by atoms with Crippen molar-refractivity contribution >= 4 is 10.9 Å². The topological polar surface area (TPSA) is 37.5 Å². The Bertz CT molecular complexity index is 703. The minimum atomic E-state index is 0.626. The van der Waals surface area contributed by atoms with Crippen molar-refractivity contribution in [3.63, 3.8) is 0 Å². The lowest BCUT2D eigenvalue weighted by Gasteiger charge is -2.20. The van der Waals surface area contributed by atoms with Crippen molar-refractivity contribution in [2.75, 3.05) is 27.3 Å². The van der Waals surface area contributed by atoms with Gasteiger partial charge in [0, 0.05) is 28.7 Å². The minimum absolute atomic E-state index is 0.626. The zero-order valence-corrected chi connectivity index (χ0v) is 16.2. The molecule has 3 rings (SSSR count). The molecule has 1 fully saturated rings. The number of methoxy groups -OCH3 is 2. The molecule has 4 heteroatoms. The highest BCUT2D eigenvalue weighted by Crippen LogP contribution is 2.50. The van der Waals surface area contributed by atoms with Crippen LogP contribution in [0, 0.1) is 0 Å². The maximum Gasteiger partial charge on any atom is 0.170 e. The Labute approximate surface area is 151 Å². The number of ether oxygens (including phenoxy) is 2. The zero-order valence-electron chi connectivity index (χ0n) is 16.2. The van der Waals surface area contributed by atoms with Gasteiger partial charge in [0.25, 0.3) is 0 Å². The first-order valence-corrected chi connectivity index (χ1v) is 9.70. The monoisotopic (exact) mass is 344 g/mol. The van der Waals surface area contributed by atoms with E-state index in [1.165, 1.54) is 48.9 Å². The summed E-state index contributed by atoms with van der Waals surface area (Å²) in [5.74, 6) is 2.42. The van der Waals surface area contributed by atoms with Crippen molar-refractivity contribution in [3.05, 3.63) is 23.4 Å². The molecule has 4 nitrogen and oxygen atoms in total. The molecule has 0 amide bonds. The molecule has 1 aliphatic carbocycles. The van der Waals surface area contributed by atoms with Crippen molar-refractivity contribution in [1.82, 2.24) is 9.88 Å². The number of nitrogens with zero attached hydrogens (tertiary/aromatic N) is 1. The van der Waals surface area contributed by atoms with Crippen molar-refractivity contribution in [1.29, 1.82) is 0 Å². The van der Waals surface area contributed by atoms with E-state index in [-0.39, 0.29) is 0 Å². The van der Waals surface area contributed by atoms with Crippen LogP contribution in [-0.4, -0.2) is 37.2 Å². The molecule has 2 aromatic rings. The second-order valence-electron chi connectivity index (χ2n) is 7.19. The zero-order chi connectivity index (χ0) is 17.8. The number of H-pyrrole nitrogens is 1. The molecule has 1 N–H and O–H groups in total. The Hall–Kier alpha value is -1.68. The lowest BCUT2D eigenvalue weighted by Crippen LogP contribution is -2.25. The minimum Gasteiger partial charge on any atom is -0.493 e. The fraction of sp³-hybridized carbons (Fsp3) is 0.619. The summed E-state index contributed by atoms with van der Waals surface area (Å²) in [6, 6.07) is 4.51. The summed E-state index contributed by atoms with van der Waals surface area (Å²) in [6.45, 7) is 7.77. The van der Waals surface area contributed by atoms with Gasteiger partial charge in [0.1, 0.15) is 0 Å². The van der Waals surface area contributed by atoms with Gasteiger partial charge >= 0.3 is 0 Å².